The normalized spacial score (nSPS) is 26.1. The summed E-state index contributed by atoms with van der Waals surface area (Å²) in [6, 6.07) is 0. The second-order valence-electron chi connectivity index (χ2n) is 1.50. The van der Waals surface area contributed by atoms with Gasteiger partial charge in [0.25, 0.3) is 0 Å². The number of alkyl halides is 1. The van der Waals surface area contributed by atoms with E-state index in [2.05, 4.69) is 4.74 Å². The van der Waals surface area contributed by atoms with Gasteiger partial charge in [0.15, 0.2) is 5.38 Å². The van der Waals surface area contributed by atoms with Crippen molar-refractivity contribution in [3.05, 3.63) is 12.2 Å². The Morgan fingerprint density at radius 2 is 2.22 bits per heavy atom. The number of esters is 2. The molecule has 1 aliphatic heterocycles. The van der Waals surface area contributed by atoms with Gasteiger partial charge in [-0.2, -0.15) is 0 Å². The quantitative estimate of drug-likeness (QED) is 0.279. The van der Waals surface area contributed by atoms with Crippen molar-refractivity contribution in [2.45, 2.75) is 5.38 Å². The van der Waals surface area contributed by atoms with E-state index >= 15 is 0 Å². The maximum atomic E-state index is 10.4. The molecule has 3 nitrogen and oxygen atoms in total. The number of hydrogen-bond acceptors (Lipinski definition) is 3. The monoisotopic (exact) mass is 146 g/mol. The number of hydrogen-bond donors (Lipinski definition) is 0. The molecule has 1 unspecified atom stereocenters. The van der Waals surface area contributed by atoms with Gasteiger partial charge in [-0.15, -0.1) is 11.6 Å². The van der Waals surface area contributed by atoms with Crippen molar-refractivity contribution in [2.75, 3.05) is 0 Å². The van der Waals surface area contributed by atoms with Gasteiger partial charge in [-0.1, -0.05) is 0 Å². The fourth-order valence-electron chi connectivity index (χ4n) is 0.431. The summed E-state index contributed by atoms with van der Waals surface area (Å²) < 4.78 is 4.10. The molecular weight excluding hydrogens is 144 g/mol. The first-order valence-electron chi connectivity index (χ1n) is 2.28. The van der Waals surface area contributed by atoms with E-state index in [0.717, 1.165) is 6.08 Å². The zero-order chi connectivity index (χ0) is 6.85. The van der Waals surface area contributed by atoms with Crippen LogP contribution in [0.4, 0.5) is 0 Å². The van der Waals surface area contributed by atoms with E-state index in [0.29, 0.717) is 0 Å². The summed E-state index contributed by atoms with van der Waals surface area (Å²) in [4.78, 5) is 20.6. The van der Waals surface area contributed by atoms with Crippen molar-refractivity contribution in [3.8, 4) is 0 Å². The van der Waals surface area contributed by atoms with Crippen molar-refractivity contribution in [1.82, 2.24) is 0 Å². The lowest BCUT2D eigenvalue weighted by Crippen LogP contribution is -2.23. The van der Waals surface area contributed by atoms with E-state index in [1.165, 1.54) is 6.08 Å². The molecule has 1 aliphatic rings. The predicted molar refractivity (Wildman–Crippen MR) is 29.9 cm³/mol. The van der Waals surface area contributed by atoms with Crippen LogP contribution in [0.15, 0.2) is 12.2 Å². The third kappa shape index (κ3) is 1.29. The summed E-state index contributed by atoms with van der Waals surface area (Å²) in [5.41, 5.74) is 0. The van der Waals surface area contributed by atoms with Crippen LogP contribution in [0.5, 0.6) is 0 Å². The third-order valence-corrected chi connectivity index (χ3v) is 1.15. The van der Waals surface area contributed by atoms with E-state index in [1.807, 2.05) is 0 Å². The van der Waals surface area contributed by atoms with Crippen molar-refractivity contribution in [1.29, 1.82) is 0 Å². The summed E-state index contributed by atoms with van der Waals surface area (Å²) in [5.74, 6) is -1.36. The minimum atomic E-state index is -0.803. The fourth-order valence-corrected chi connectivity index (χ4v) is 0.548. The molecule has 1 atom stereocenters. The molecule has 0 radical (unpaired) electrons. The van der Waals surface area contributed by atoms with E-state index in [4.69, 9.17) is 11.6 Å². The molecule has 9 heavy (non-hydrogen) atoms. The molecule has 0 fully saturated rings. The standard InChI is InChI=1S/C5H3ClO3/c6-3-1-2-4(7)9-5(3)8/h1-3H. The molecule has 0 amide bonds. The molecule has 0 saturated heterocycles. The molecule has 0 aromatic rings. The number of cyclic esters (lactones) is 2. The molecule has 0 spiro atoms. The van der Waals surface area contributed by atoms with Crippen LogP contribution in [0, 0.1) is 0 Å². The van der Waals surface area contributed by atoms with Crippen LogP contribution in [-0.2, 0) is 14.3 Å². The molecular formula is C5H3ClO3. The van der Waals surface area contributed by atoms with Crippen LogP contribution in [0.1, 0.15) is 0 Å². The first-order chi connectivity index (χ1) is 4.20. The van der Waals surface area contributed by atoms with Gasteiger partial charge in [0.05, 0.1) is 0 Å². The lowest BCUT2D eigenvalue weighted by atomic mass is 10.3. The van der Waals surface area contributed by atoms with E-state index in [1.54, 1.807) is 0 Å². The summed E-state index contributed by atoms with van der Waals surface area (Å²) in [6.07, 6.45) is 2.41. The zero-order valence-electron chi connectivity index (χ0n) is 4.33. The number of ether oxygens (including phenoxy) is 1. The van der Waals surface area contributed by atoms with Crippen LogP contribution >= 0.6 is 11.6 Å². The minimum Gasteiger partial charge on any atom is -0.389 e. The molecule has 0 aromatic heterocycles. The Hall–Kier alpha value is -0.830. The van der Waals surface area contributed by atoms with Crippen LogP contribution in [0.3, 0.4) is 0 Å². The van der Waals surface area contributed by atoms with E-state index in [9.17, 15) is 9.59 Å². The second kappa shape index (κ2) is 2.19. The van der Waals surface area contributed by atoms with Gasteiger partial charge in [-0.05, 0) is 6.08 Å². The SMILES string of the molecule is O=C1C=CC(Cl)C(=O)O1. The number of carbonyl (C=O) groups excluding carboxylic acids is 2. The summed E-state index contributed by atoms with van der Waals surface area (Å²) >= 11 is 5.32. The van der Waals surface area contributed by atoms with Gasteiger partial charge < -0.3 is 4.74 Å². The molecule has 0 saturated carbocycles. The van der Waals surface area contributed by atoms with Crippen LogP contribution in [0.2, 0.25) is 0 Å². The lowest BCUT2D eigenvalue weighted by molar-refractivity contribution is -0.156. The topological polar surface area (TPSA) is 43.4 Å². The Morgan fingerprint density at radius 1 is 1.56 bits per heavy atom. The summed E-state index contributed by atoms with van der Waals surface area (Å²) in [5, 5.41) is -0.803. The average molecular weight is 147 g/mol. The molecule has 0 aromatic carbocycles. The molecule has 4 heteroatoms. The molecule has 0 bridgehead atoms. The average Bonchev–Trinajstić information content (AvgIpc) is 1.80. The predicted octanol–water partition coefficient (Wildman–Crippen LogP) is 0.233. The minimum absolute atomic E-state index is 0.656. The second-order valence-corrected chi connectivity index (χ2v) is 1.97. The van der Waals surface area contributed by atoms with Gasteiger partial charge in [-0.25, -0.2) is 9.59 Å². The van der Waals surface area contributed by atoms with E-state index < -0.39 is 17.3 Å². The van der Waals surface area contributed by atoms with Gasteiger partial charge in [0, 0.05) is 6.08 Å². The van der Waals surface area contributed by atoms with Gasteiger partial charge in [-0.3, -0.25) is 0 Å². The zero-order valence-corrected chi connectivity index (χ0v) is 5.09. The molecule has 1 heterocycles. The van der Waals surface area contributed by atoms with Gasteiger partial charge in [0.1, 0.15) is 0 Å². The smallest absolute Gasteiger partial charge is 0.338 e. The van der Waals surface area contributed by atoms with E-state index in [-0.39, 0.29) is 0 Å². The molecule has 48 valence electrons. The lowest BCUT2D eigenvalue weighted by Gasteiger charge is -2.06. The van der Waals surface area contributed by atoms with Crippen LogP contribution in [-0.4, -0.2) is 17.3 Å². The van der Waals surface area contributed by atoms with Crippen LogP contribution in [0.25, 0.3) is 0 Å². The Bertz CT molecular complexity index is 185. The Balaban J connectivity index is 2.76. The van der Waals surface area contributed by atoms with Gasteiger partial charge in [0.2, 0.25) is 0 Å². The highest BCUT2D eigenvalue weighted by molar-refractivity contribution is 6.32. The number of rotatable bonds is 0. The summed E-state index contributed by atoms with van der Waals surface area (Å²) in [7, 11) is 0. The Morgan fingerprint density at radius 3 is 2.67 bits per heavy atom. The Kier molecular flexibility index (Phi) is 1.53. The first kappa shape index (κ1) is 6.29. The number of halogens is 1. The van der Waals surface area contributed by atoms with Crippen molar-refractivity contribution < 1.29 is 14.3 Å². The maximum absolute atomic E-state index is 10.4. The third-order valence-electron chi connectivity index (χ3n) is 0.828. The largest absolute Gasteiger partial charge is 0.389 e. The molecule has 0 N–H and O–H groups in total. The maximum Gasteiger partial charge on any atom is 0.338 e. The summed E-state index contributed by atoms with van der Waals surface area (Å²) in [6.45, 7) is 0. The Labute approximate surface area is 56.2 Å². The highest BCUT2D eigenvalue weighted by Crippen LogP contribution is 2.06. The highest BCUT2D eigenvalue weighted by atomic mass is 35.5. The van der Waals surface area contributed by atoms with Crippen LogP contribution < -0.4 is 0 Å². The highest BCUT2D eigenvalue weighted by Gasteiger charge is 2.20. The van der Waals surface area contributed by atoms with Gasteiger partial charge >= 0.3 is 11.9 Å². The first-order valence-corrected chi connectivity index (χ1v) is 2.72. The van der Waals surface area contributed by atoms with Crippen molar-refractivity contribution in [2.24, 2.45) is 0 Å². The number of carbonyl (C=O) groups is 2. The molecule has 0 aliphatic carbocycles. The fraction of sp³-hybridized carbons (Fsp3) is 0.200. The van der Waals surface area contributed by atoms with Crippen molar-refractivity contribution in [3.63, 3.8) is 0 Å². The molecule has 1 rings (SSSR count). The van der Waals surface area contributed by atoms with Crippen molar-refractivity contribution >= 4 is 23.5 Å².